The molecule has 0 saturated heterocycles. The molecule has 7 heteroatoms. The molecule has 1 aromatic carbocycles. The molecule has 0 bridgehead atoms. The van der Waals surface area contributed by atoms with Crippen LogP contribution in [0.1, 0.15) is 30.4 Å². The van der Waals surface area contributed by atoms with Crippen LogP contribution >= 0.6 is 11.6 Å². The van der Waals surface area contributed by atoms with Crippen molar-refractivity contribution in [3.63, 3.8) is 0 Å². The number of nitrogens with one attached hydrogen (secondary N) is 1. The van der Waals surface area contributed by atoms with E-state index in [4.69, 9.17) is 11.6 Å². The lowest BCUT2D eigenvalue weighted by Gasteiger charge is -2.03. The molecule has 0 aliphatic heterocycles. The number of rotatable bonds is 6. The number of nitrogens with zero attached hydrogens (tertiary/aromatic N) is 4. The molecule has 134 valence electrons. The van der Waals surface area contributed by atoms with Crippen molar-refractivity contribution >= 4 is 23.2 Å². The minimum Gasteiger partial charge on any atom is -0.323 e. The Bertz CT molecular complexity index is 914. The van der Waals surface area contributed by atoms with Crippen molar-refractivity contribution in [3.8, 4) is 0 Å². The number of amides is 1. The van der Waals surface area contributed by atoms with Gasteiger partial charge in [-0.3, -0.25) is 14.2 Å². The van der Waals surface area contributed by atoms with E-state index >= 15 is 0 Å². The predicted octanol–water partition coefficient (Wildman–Crippen LogP) is 3.54. The number of hydrogen-bond donors (Lipinski definition) is 1. The van der Waals surface area contributed by atoms with Crippen LogP contribution < -0.4 is 5.32 Å². The van der Waals surface area contributed by atoms with E-state index in [1.54, 1.807) is 10.9 Å². The maximum Gasteiger partial charge on any atom is 0.228 e. The quantitative estimate of drug-likeness (QED) is 0.722. The molecule has 3 aromatic rings. The van der Waals surface area contributed by atoms with Gasteiger partial charge in [0.1, 0.15) is 0 Å². The minimum absolute atomic E-state index is 0.0160. The van der Waals surface area contributed by atoms with Gasteiger partial charge in [0, 0.05) is 35.4 Å². The Labute approximate surface area is 156 Å². The molecule has 2 heterocycles. The van der Waals surface area contributed by atoms with Gasteiger partial charge >= 0.3 is 0 Å². The Morgan fingerprint density at radius 1 is 1.19 bits per heavy atom. The van der Waals surface area contributed by atoms with E-state index in [1.807, 2.05) is 54.5 Å². The van der Waals surface area contributed by atoms with E-state index in [0.29, 0.717) is 11.6 Å². The first-order chi connectivity index (χ1) is 12.6. The summed E-state index contributed by atoms with van der Waals surface area (Å²) in [5, 5.41) is 12.3. The maximum absolute atomic E-state index is 12.4. The molecule has 0 spiro atoms. The molecule has 1 aliphatic carbocycles. The Morgan fingerprint density at radius 3 is 2.69 bits per heavy atom. The van der Waals surface area contributed by atoms with Gasteiger partial charge in [0.25, 0.3) is 0 Å². The second-order valence-electron chi connectivity index (χ2n) is 6.62. The molecule has 1 amide bonds. The number of aromatic nitrogens is 4. The summed E-state index contributed by atoms with van der Waals surface area (Å²) >= 11 is 5.92. The second kappa shape index (κ2) is 6.96. The fraction of sp³-hybridized carbons (Fsp3) is 0.316. The standard InChI is InChI=1S/C19H20ClN5O/c1-2-24-10-13(8-21-24)11-25-12-16(9-22-25)23-19(26)18-7-17(18)14-3-5-15(20)6-4-14/h3-6,8-10,12,17-18H,2,7,11H2,1H3,(H,23,26). The number of aryl methyl sites for hydroxylation is 1. The lowest BCUT2D eigenvalue weighted by molar-refractivity contribution is -0.117. The summed E-state index contributed by atoms with van der Waals surface area (Å²) in [6.07, 6.45) is 8.24. The van der Waals surface area contributed by atoms with Crippen molar-refractivity contribution in [2.45, 2.75) is 32.4 Å². The van der Waals surface area contributed by atoms with Crippen molar-refractivity contribution in [1.82, 2.24) is 19.6 Å². The second-order valence-corrected chi connectivity index (χ2v) is 7.06. The third-order valence-electron chi connectivity index (χ3n) is 4.68. The lowest BCUT2D eigenvalue weighted by Crippen LogP contribution is -2.14. The van der Waals surface area contributed by atoms with Crippen molar-refractivity contribution < 1.29 is 4.79 Å². The predicted molar refractivity (Wildman–Crippen MR) is 100 cm³/mol. The van der Waals surface area contributed by atoms with E-state index in [-0.39, 0.29) is 17.7 Å². The lowest BCUT2D eigenvalue weighted by atomic mass is 10.1. The average molecular weight is 370 g/mol. The van der Waals surface area contributed by atoms with Gasteiger partial charge in [-0.25, -0.2) is 0 Å². The summed E-state index contributed by atoms with van der Waals surface area (Å²) in [7, 11) is 0. The molecule has 1 aliphatic rings. The van der Waals surface area contributed by atoms with E-state index < -0.39 is 0 Å². The number of benzene rings is 1. The molecule has 26 heavy (non-hydrogen) atoms. The Balaban J connectivity index is 1.34. The summed E-state index contributed by atoms with van der Waals surface area (Å²) in [4.78, 5) is 12.4. The third-order valence-corrected chi connectivity index (χ3v) is 4.93. The largest absolute Gasteiger partial charge is 0.323 e. The Morgan fingerprint density at radius 2 is 1.96 bits per heavy atom. The van der Waals surface area contributed by atoms with E-state index in [2.05, 4.69) is 15.5 Å². The molecular weight excluding hydrogens is 350 g/mol. The van der Waals surface area contributed by atoms with Crippen molar-refractivity contribution in [1.29, 1.82) is 0 Å². The Hall–Kier alpha value is -2.60. The van der Waals surface area contributed by atoms with Crippen molar-refractivity contribution in [2.75, 3.05) is 5.32 Å². The van der Waals surface area contributed by atoms with Crippen LogP contribution in [0.2, 0.25) is 5.02 Å². The summed E-state index contributed by atoms with van der Waals surface area (Å²) in [5.74, 6) is 0.341. The summed E-state index contributed by atoms with van der Waals surface area (Å²) < 4.78 is 3.68. The molecular formula is C19H20ClN5O. The molecule has 2 aromatic heterocycles. The van der Waals surface area contributed by atoms with Gasteiger partial charge < -0.3 is 5.32 Å². The fourth-order valence-electron chi connectivity index (χ4n) is 3.16. The summed E-state index contributed by atoms with van der Waals surface area (Å²) in [6, 6.07) is 7.73. The first-order valence-electron chi connectivity index (χ1n) is 8.72. The highest BCUT2D eigenvalue weighted by Crippen LogP contribution is 2.48. The zero-order valence-electron chi connectivity index (χ0n) is 14.5. The number of carbonyl (C=O) groups excluding carboxylic acids is 1. The van der Waals surface area contributed by atoms with Gasteiger partial charge in [-0.1, -0.05) is 23.7 Å². The van der Waals surface area contributed by atoms with Crippen LogP contribution in [-0.2, 0) is 17.9 Å². The number of anilines is 1. The smallest absolute Gasteiger partial charge is 0.228 e. The average Bonchev–Trinajstić information content (AvgIpc) is 3.11. The van der Waals surface area contributed by atoms with Crippen molar-refractivity contribution in [3.05, 3.63) is 65.2 Å². The molecule has 4 rings (SSSR count). The Kier molecular flexibility index (Phi) is 4.51. The highest BCUT2D eigenvalue weighted by atomic mass is 35.5. The van der Waals surface area contributed by atoms with Gasteiger partial charge in [-0.15, -0.1) is 0 Å². The number of hydrogen-bond acceptors (Lipinski definition) is 3. The molecule has 6 nitrogen and oxygen atoms in total. The number of halogens is 1. The van der Waals surface area contributed by atoms with E-state index in [0.717, 1.165) is 29.8 Å². The monoisotopic (exact) mass is 369 g/mol. The van der Waals surface area contributed by atoms with Crippen LogP contribution in [0.15, 0.2) is 49.1 Å². The maximum atomic E-state index is 12.4. The van der Waals surface area contributed by atoms with Gasteiger partial charge in [-0.2, -0.15) is 10.2 Å². The molecule has 0 radical (unpaired) electrons. The minimum atomic E-state index is 0.0160. The third kappa shape index (κ3) is 3.65. The zero-order valence-corrected chi connectivity index (χ0v) is 15.2. The number of carbonyl (C=O) groups is 1. The van der Waals surface area contributed by atoms with Crippen LogP contribution in [0, 0.1) is 5.92 Å². The SMILES string of the molecule is CCn1cc(Cn2cc(NC(=O)C3CC3c3ccc(Cl)cc3)cn2)cn1. The van der Waals surface area contributed by atoms with Crippen LogP contribution in [0.4, 0.5) is 5.69 Å². The molecule has 2 atom stereocenters. The van der Waals surface area contributed by atoms with E-state index in [1.165, 1.54) is 0 Å². The van der Waals surface area contributed by atoms with Gasteiger partial charge in [0.2, 0.25) is 5.91 Å². The zero-order chi connectivity index (χ0) is 18.1. The van der Waals surface area contributed by atoms with Crippen molar-refractivity contribution in [2.24, 2.45) is 5.92 Å². The first kappa shape index (κ1) is 16.8. The van der Waals surface area contributed by atoms with Gasteiger partial charge in [0.15, 0.2) is 0 Å². The molecule has 1 fully saturated rings. The topological polar surface area (TPSA) is 64.7 Å². The molecule has 1 N–H and O–H groups in total. The van der Waals surface area contributed by atoms with Gasteiger partial charge in [0.05, 0.1) is 24.6 Å². The fourth-order valence-corrected chi connectivity index (χ4v) is 3.29. The highest BCUT2D eigenvalue weighted by Gasteiger charge is 2.43. The van der Waals surface area contributed by atoms with Crippen LogP contribution in [0.5, 0.6) is 0 Å². The van der Waals surface area contributed by atoms with Crippen LogP contribution in [-0.4, -0.2) is 25.5 Å². The van der Waals surface area contributed by atoms with Gasteiger partial charge in [-0.05, 0) is 37.0 Å². The summed E-state index contributed by atoms with van der Waals surface area (Å²) in [5.41, 5.74) is 2.97. The summed E-state index contributed by atoms with van der Waals surface area (Å²) in [6.45, 7) is 3.52. The molecule has 2 unspecified atom stereocenters. The normalized spacial score (nSPS) is 18.7. The highest BCUT2D eigenvalue weighted by molar-refractivity contribution is 6.30. The van der Waals surface area contributed by atoms with Crippen LogP contribution in [0.3, 0.4) is 0 Å². The molecule has 1 saturated carbocycles. The van der Waals surface area contributed by atoms with E-state index in [9.17, 15) is 4.79 Å². The van der Waals surface area contributed by atoms with Crippen LogP contribution in [0.25, 0.3) is 0 Å². The first-order valence-corrected chi connectivity index (χ1v) is 9.10.